The Morgan fingerprint density at radius 2 is 1.70 bits per heavy atom. The van der Waals surface area contributed by atoms with Crippen molar-refractivity contribution in [3.8, 4) is 0 Å². The van der Waals surface area contributed by atoms with Gasteiger partial charge in [-0.25, -0.2) is 22.0 Å². The lowest BCUT2D eigenvalue weighted by atomic mass is 10.1. The van der Waals surface area contributed by atoms with Crippen molar-refractivity contribution < 1.29 is 21.6 Å². The SMILES string of the molecule is CCCOCc1ccccc1CNc1ccc(S(N)(=O)=O)cc1S(C)(=O)=O. The normalized spacial score (nSPS) is 12.1. The minimum Gasteiger partial charge on any atom is -0.380 e. The van der Waals surface area contributed by atoms with E-state index < -0.39 is 19.9 Å². The smallest absolute Gasteiger partial charge is 0.238 e. The summed E-state index contributed by atoms with van der Waals surface area (Å²) in [6.07, 6.45) is 1.95. The Hall–Kier alpha value is -1.94. The number of ether oxygens (including phenoxy) is 1. The summed E-state index contributed by atoms with van der Waals surface area (Å²) in [5, 5.41) is 8.18. The monoisotopic (exact) mass is 412 g/mol. The fourth-order valence-corrected chi connectivity index (χ4v) is 4.02. The first kappa shape index (κ1) is 21.4. The zero-order valence-corrected chi connectivity index (χ0v) is 16.9. The van der Waals surface area contributed by atoms with Crippen LogP contribution in [-0.2, 0) is 37.7 Å². The molecule has 0 aliphatic carbocycles. The lowest BCUT2D eigenvalue weighted by molar-refractivity contribution is 0.121. The Balaban J connectivity index is 2.29. The third-order valence-corrected chi connectivity index (χ3v) is 5.92. The second-order valence-corrected chi connectivity index (χ2v) is 9.70. The maximum Gasteiger partial charge on any atom is 0.238 e. The summed E-state index contributed by atoms with van der Waals surface area (Å²) in [6.45, 7) is 3.53. The number of rotatable bonds is 9. The van der Waals surface area contributed by atoms with Crippen LogP contribution in [0.3, 0.4) is 0 Å². The lowest BCUT2D eigenvalue weighted by Gasteiger charge is -2.15. The minimum absolute atomic E-state index is 0.117. The largest absolute Gasteiger partial charge is 0.380 e. The van der Waals surface area contributed by atoms with Gasteiger partial charge in [-0.15, -0.1) is 0 Å². The molecule has 2 rings (SSSR count). The first-order valence-electron chi connectivity index (χ1n) is 8.38. The number of benzene rings is 2. The molecular weight excluding hydrogens is 388 g/mol. The average molecular weight is 413 g/mol. The highest BCUT2D eigenvalue weighted by Gasteiger charge is 2.18. The Bertz CT molecular complexity index is 1000. The van der Waals surface area contributed by atoms with Gasteiger partial charge in [0.2, 0.25) is 10.0 Å². The number of primary sulfonamides is 1. The molecule has 2 aromatic rings. The summed E-state index contributed by atoms with van der Waals surface area (Å²) in [4.78, 5) is -0.365. The molecule has 27 heavy (non-hydrogen) atoms. The van der Waals surface area contributed by atoms with Crippen LogP contribution in [0.25, 0.3) is 0 Å². The van der Waals surface area contributed by atoms with Gasteiger partial charge in [-0.05, 0) is 35.7 Å². The molecule has 2 aromatic carbocycles. The third-order valence-electron chi connectivity index (χ3n) is 3.87. The molecule has 0 saturated carbocycles. The van der Waals surface area contributed by atoms with Gasteiger partial charge in [0.05, 0.1) is 22.1 Å². The number of sulfone groups is 1. The van der Waals surface area contributed by atoms with Crippen LogP contribution in [0.5, 0.6) is 0 Å². The van der Waals surface area contributed by atoms with Crippen LogP contribution in [-0.4, -0.2) is 29.7 Å². The van der Waals surface area contributed by atoms with Gasteiger partial charge in [0.1, 0.15) is 0 Å². The molecule has 0 amide bonds. The van der Waals surface area contributed by atoms with E-state index in [9.17, 15) is 16.8 Å². The van der Waals surface area contributed by atoms with Gasteiger partial charge < -0.3 is 10.1 Å². The molecule has 3 N–H and O–H groups in total. The molecule has 0 fully saturated rings. The molecular formula is C18H24N2O5S2. The van der Waals surface area contributed by atoms with Crippen LogP contribution in [0.2, 0.25) is 0 Å². The summed E-state index contributed by atoms with van der Waals surface area (Å²) in [6, 6.07) is 11.4. The highest BCUT2D eigenvalue weighted by molar-refractivity contribution is 7.91. The van der Waals surface area contributed by atoms with E-state index in [0.717, 1.165) is 29.9 Å². The van der Waals surface area contributed by atoms with E-state index in [-0.39, 0.29) is 9.79 Å². The molecule has 0 spiro atoms. The van der Waals surface area contributed by atoms with Gasteiger partial charge in [0.15, 0.2) is 9.84 Å². The van der Waals surface area contributed by atoms with Crippen molar-refractivity contribution in [3.05, 3.63) is 53.6 Å². The van der Waals surface area contributed by atoms with Crippen molar-refractivity contribution in [2.75, 3.05) is 18.2 Å². The molecule has 0 aromatic heterocycles. The van der Waals surface area contributed by atoms with Crippen LogP contribution in [0, 0.1) is 0 Å². The summed E-state index contributed by atoms with van der Waals surface area (Å²) >= 11 is 0. The van der Waals surface area contributed by atoms with Crippen LogP contribution >= 0.6 is 0 Å². The topological polar surface area (TPSA) is 116 Å². The number of hydrogen-bond acceptors (Lipinski definition) is 6. The second kappa shape index (κ2) is 8.83. The van der Waals surface area contributed by atoms with Gasteiger partial charge >= 0.3 is 0 Å². The standard InChI is InChI=1S/C18H24N2O5S2/c1-3-10-25-13-15-7-5-4-6-14(15)12-20-17-9-8-16(27(19,23)24)11-18(17)26(2,21)22/h4-9,11,20H,3,10,12-13H2,1-2H3,(H2,19,23,24). The molecule has 0 heterocycles. The first-order valence-corrected chi connectivity index (χ1v) is 11.8. The number of anilines is 1. The predicted molar refractivity (Wildman–Crippen MR) is 105 cm³/mol. The molecule has 0 aliphatic heterocycles. The number of hydrogen-bond donors (Lipinski definition) is 2. The fraction of sp³-hybridized carbons (Fsp3) is 0.333. The van der Waals surface area contributed by atoms with Gasteiger partial charge in [-0.2, -0.15) is 0 Å². The van der Waals surface area contributed by atoms with Crippen molar-refractivity contribution in [1.29, 1.82) is 0 Å². The quantitative estimate of drug-likeness (QED) is 0.611. The predicted octanol–water partition coefficient (Wildman–Crippen LogP) is 2.28. The van der Waals surface area contributed by atoms with E-state index in [1.807, 2.05) is 31.2 Å². The summed E-state index contributed by atoms with van der Waals surface area (Å²) < 4.78 is 52.8. The average Bonchev–Trinajstić information content (AvgIpc) is 2.59. The van der Waals surface area contributed by atoms with E-state index in [1.54, 1.807) is 0 Å². The first-order chi connectivity index (χ1) is 12.6. The maximum atomic E-state index is 12.1. The zero-order chi connectivity index (χ0) is 20.1. The Kier molecular flexibility index (Phi) is 6.99. The van der Waals surface area contributed by atoms with Gasteiger partial charge in [0, 0.05) is 19.4 Å². The van der Waals surface area contributed by atoms with Gasteiger partial charge in [-0.3, -0.25) is 0 Å². The van der Waals surface area contributed by atoms with Gasteiger partial charge in [-0.1, -0.05) is 31.2 Å². The summed E-state index contributed by atoms with van der Waals surface area (Å²) in [7, 11) is -7.65. The molecule has 0 unspecified atom stereocenters. The minimum atomic E-state index is -4.00. The molecule has 9 heteroatoms. The van der Waals surface area contributed by atoms with Crippen molar-refractivity contribution in [2.45, 2.75) is 36.3 Å². The highest BCUT2D eigenvalue weighted by atomic mass is 32.2. The molecule has 0 bridgehead atoms. The molecule has 0 aliphatic rings. The molecule has 0 atom stereocenters. The van der Waals surface area contributed by atoms with Crippen molar-refractivity contribution in [3.63, 3.8) is 0 Å². The van der Waals surface area contributed by atoms with Crippen LogP contribution < -0.4 is 10.5 Å². The van der Waals surface area contributed by atoms with Crippen molar-refractivity contribution in [1.82, 2.24) is 0 Å². The highest BCUT2D eigenvalue weighted by Crippen LogP contribution is 2.25. The third kappa shape index (κ3) is 6.03. The summed E-state index contributed by atoms with van der Waals surface area (Å²) in [5.74, 6) is 0. The fourth-order valence-electron chi connectivity index (χ4n) is 2.52. The van der Waals surface area contributed by atoms with Crippen LogP contribution in [0.15, 0.2) is 52.3 Å². The maximum absolute atomic E-state index is 12.1. The van der Waals surface area contributed by atoms with Crippen molar-refractivity contribution >= 4 is 25.5 Å². The molecule has 0 radical (unpaired) electrons. The van der Waals surface area contributed by atoms with E-state index in [4.69, 9.17) is 9.88 Å². The van der Waals surface area contributed by atoms with Crippen LogP contribution in [0.4, 0.5) is 5.69 Å². The van der Waals surface area contributed by atoms with Crippen molar-refractivity contribution in [2.24, 2.45) is 5.14 Å². The second-order valence-electron chi connectivity index (χ2n) is 6.15. The Labute approximate surface area is 160 Å². The van der Waals surface area contributed by atoms with E-state index in [0.29, 0.717) is 25.4 Å². The number of nitrogens with one attached hydrogen (secondary N) is 1. The Morgan fingerprint density at radius 3 is 2.30 bits per heavy atom. The number of nitrogens with two attached hydrogens (primary N) is 1. The molecule has 7 nitrogen and oxygen atoms in total. The Morgan fingerprint density at radius 1 is 1.04 bits per heavy atom. The number of sulfonamides is 1. The zero-order valence-electron chi connectivity index (χ0n) is 15.3. The molecule has 148 valence electrons. The summed E-state index contributed by atoms with van der Waals surface area (Å²) in [5.41, 5.74) is 2.28. The van der Waals surface area contributed by atoms with Crippen LogP contribution in [0.1, 0.15) is 24.5 Å². The van der Waals surface area contributed by atoms with E-state index >= 15 is 0 Å². The lowest BCUT2D eigenvalue weighted by Crippen LogP contribution is -2.14. The van der Waals surface area contributed by atoms with Gasteiger partial charge in [0.25, 0.3) is 0 Å². The van der Waals surface area contributed by atoms with E-state index in [2.05, 4.69) is 5.32 Å². The van der Waals surface area contributed by atoms with E-state index in [1.165, 1.54) is 12.1 Å². The molecule has 0 saturated heterocycles.